The van der Waals surface area contributed by atoms with Gasteiger partial charge in [-0.2, -0.15) is 0 Å². The summed E-state index contributed by atoms with van der Waals surface area (Å²) in [5, 5.41) is 0.520. The topological polar surface area (TPSA) is 51.2 Å². The van der Waals surface area contributed by atoms with Gasteiger partial charge >= 0.3 is 0 Å². The lowest BCUT2D eigenvalue weighted by Gasteiger charge is -2.29. The van der Waals surface area contributed by atoms with E-state index in [1.807, 2.05) is 49.4 Å². The molecular formula is C27H21ClO3. The molecule has 0 amide bonds. The van der Waals surface area contributed by atoms with Crippen LogP contribution in [0, 0.1) is 5.92 Å². The molecule has 0 saturated carbocycles. The highest BCUT2D eigenvalue weighted by Gasteiger charge is 2.37. The molecule has 1 aliphatic rings. The van der Waals surface area contributed by atoms with E-state index in [0.717, 1.165) is 23.0 Å². The van der Waals surface area contributed by atoms with E-state index in [9.17, 15) is 14.4 Å². The predicted molar refractivity (Wildman–Crippen MR) is 123 cm³/mol. The zero-order chi connectivity index (χ0) is 22.0. The van der Waals surface area contributed by atoms with Gasteiger partial charge in [0, 0.05) is 28.1 Å². The summed E-state index contributed by atoms with van der Waals surface area (Å²) in [6.07, 6.45) is 1.47. The number of hydrogen-bond acceptors (Lipinski definition) is 3. The molecule has 1 aliphatic carbocycles. The number of ketones is 2. The number of carbonyl (C=O) groups excluding carboxylic acids is 3. The normalized spacial score (nSPS) is 15.5. The monoisotopic (exact) mass is 428 g/mol. The molecule has 0 spiro atoms. The van der Waals surface area contributed by atoms with E-state index in [0.29, 0.717) is 40.1 Å². The number of Topliss-reactive ketones (excluding diaryl/α,β-unsaturated/α-hetero) is 2. The van der Waals surface area contributed by atoms with Crippen LogP contribution in [0.5, 0.6) is 0 Å². The van der Waals surface area contributed by atoms with Crippen LogP contribution in [-0.2, 0) is 11.2 Å². The lowest BCUT2D eigenvalue weighted by atomic mass is 9.72. The highest BCUT2D eigenvalue weighted by atomic mass is 35.5. The third kappa shape index (κ3) is 4.01. The van der Waals surface area contributed by atoms with Gasteiger partial charge in [0.1, 0.15) is 6.29 Å². The SMILES string of the molecule is CCC(=O)C1=C(c2ccccc2)c2cc(Cl)ccc2C(=O)C1Cc1ccc(C=O)cc1. The molecule has 3 nitrogen and oxygen atoms in total. The molecule has 1 unspecified atom stereocenters. The van der Waals surface area contributed by atoms with Gasteiger partial charge in [0.15, 0.2) is 11.6 Å². The standard InChI is InChI=1S/C27H21ClO3/c1-2-24(30)26-23(14-17-8-10-18(16-29)11-9-17)27(31)21-13-12-20(28)15-22(21)25(26)19-6-4-3-5-7-19/h3-13,15-16,23H,2,14H2,1H3. The zero-order valence-corrected chi connectivity index (χ0v) is 17.9. The molecule has 0 fully saturated rings. The van der Waals surface area contributed by atoms with Crippen molar-refractivity contribution in [1.29, 1.82) is 0 Å². The molecule has 3 aromatic rings. The Labute approximate surface area is 186 Å². The number of fused-ring (bicyclic) bond motifs is 1. The first kappa shape index (κ1) is 21.0. The van der Waals surface area contributed by atoms with Crippen molar-refractivity contribution in [2.45, 2.75) is 19.8 Å². The Bertz CT molecular complexity index is 1190. The van der Waals surface area contributed by atoms with Gasteiger partial charge in [-0.25, -0.2) is 0 Å². The van der Waals surface area contributed by atoms with Crippen LogP contribution >= 0.6 is 11.6 Å². The van der Waals surface area contributed by atoms with Crippen LogP contribution in [0.4, 0.5) is 0 Å². The Morgan fingerprint density at radius 2 is 1.68 bits per heavy atom. The van der Waals surface area contributed by atoms with Gasteiger partial charge in [0.05, 0.1) is 5.92 Å². The van der Waals surface area contributed by atoms with Gasteiger partial charge in [-0.3, -0.25) is 14.4 Å². The average molecular weight is 429 g/mol. The van der Waals surface area contributed by atoms with Crippen LogP contribution in [-0.4, -0.2) is 17.9 Å². The summed E-state index contributed by atoms with van der Waals surface area (Å²) in [4.78, 5) is 37.8. The van der Waals surface area contributed by atoms with E-state index in [-0.39, 0.29) is 11.6 Å². The van der Waals surface area contributed by atoms with Crippen LogP contribution in [0.15, 0.2) is 78.4 Å². The fraction of sp³-hybridized carbons (Fsp3) is 0.148. The van der Waals surface area contributed by atoms with Crippen molar-refractivity contribution in [3.8, 4) is 0 Å². The molecule has 0 saturated heterocycles. The second kappa shape index (κ2) is 8.83. The van der Waals surface area contributed by atoms with Crippen LogP contribution < -0.4 is 0 Å². The highest BCUT2D eigenvalue weighted by Crippen LogP contribution is 2.42. The summed E-state index contributed by atoms with van der Waals surface area (Å²) in [7, 11) is 0. The summed E-state index contributed by atoms with van der Waals surface area (Å²) in [5.41, 5.74) is 4.95. The molecule has 3 aromatic carbocycles. The molecule has 0 aliphatic heterocycles. The number of rotatable bonds is 6. The van der Waals surface area contributed by atoms with Gasteiger partial charge in [0.25, 0.3) is 0 Å². The van der Waals surface area contributed by atoms with E-state index in [4.69, 9.17) is 11.6 Å². The Morgan fingerprint density at radius 1 is 0.968 bits per heavy atom. The van der Waals surface area contributed by atoms with Gasteiger partial charge in [0.2, 0.25) is 0 Å². The smallest absolute Gasteiger partial charge is 0.171 e. The molecule has 31 heavy (non-hydrogen) atoms. The first-order valence-electron chi connectivity index (χ1n) is 10.2. The molecule has 0 bridgehead atoms. The lowest BCUT2D eigenvalue weighted by molar-refractivity contribution is -0.115. The molecule has 4 heteroatoms. The second-order valence-corrected chi connectivity index (χ2v) is 8.04. The fourth-order valence-corrected chi connectivity index (χ4v) is 4.35. The summed E-state index contributed by atoms with van der Waals surface area (Å²) >= 11 is 6.29. The first-order chi connectivity index (χ1) is 15.0. The lowest BCUT2D eigenvalue weighted by Crippen LogP contribution is -2.30. The quantitative estimate of drug-likeness (QED) is 0.453. The molecule has 1 atom stereocenters. The van der Waals surface area contributed by atoms with Gasteiger partial charge < -0.3 is 0 Å². The van der Waals surface area contributed by atoms with Crippen molar-refractivity contribution in [2.75, 3.05) is 0 Å². The van der Waals surface area contributed by atoms with Gasteiger partial charge in [-0.15, -0.1) is 0 Å². The predicted octanol–water partition coefficient (Wildman–Crippen LogP) is 5.99. The summed E-state index contributed by atoms with van der Waals surface area (Å²) in [5.74, 6) is -0.728. The van der Waals surface area contributed by atoms with E-state index in [2.05, 4.69) is 0 Å². The third-order valence-electron chi connectivity index (χ3n) is 5.69. The van der Waals surface area contributed by atoms with Crippen molar-refractivity contribution >= 4 is 35.0 Å². The third-order valence-corrected chi connectivity index (χ3v) is 5.93. The maximum Gasteiger partial charge on any atom is 0.171 e. The Balaban J connectivity index is 1.95. The number of benzene rings is 3. The van der Waals surface area contributed by atoms with E-state index in [1.165, 1.54) is 0 Å². The maximum absolute atomic E-state index is 13.6. The fourth-order valence-electron chi connectivity index (χ4n) is 4.18. The minimum Gasteiger partial charge on any atom is -0.298 e. The van der Waals surface area contributed by atoms with Crippen molar-refractivity contribution in [3.05, 3.63) is 111 Å². The van der Waals surface area contributed by atoms with Crippen LogP contribution in [0.1, 0.15) is 50.8 Å². The average Bonchev–Trinajstić information content (AvgIpc) is 2.81. The zero-order valence-electron chi connectivity index (χ0n) is 17.1. The maximum atomic E-state index is 13.6. The van der Waals surface area contributed by atoms with Crippen LogP contribution in [0.25, 0.3) is 5.57 Å². The minimum absolute atomic E-state index is 0.0488. The molecular weight excluding hydrogens is 408 g/mol. The Kier molecular flexibility index (Phi) is 5.97. The molecule has 0 radical (unpaired) electrons. The van der Waals surface area contributed by atoms with E-state index < -0.39 is 5.92 Å². The highest BCUT2D eigenvalue weighted by molar-refractivity contribution is 6.31. The van der Waals surface area contributed by atoms with E-state index in [1.54, 1.807) is 30.3 Å². The Hall–Kier alpha value is -3.30. The number of hydrogen-bond donors (Lipinski definition) is 0. The number of carbonyl (C=O) groups is 3. The molecule has 4 rings (SSSR count). The molecule has 0 N–H and O–H groups in total. The van der Waals surface area contributed by atoms with Crippen molar-refractivity contribution in [3.63, 3.8) is 0 Å². The molecule has 0 aromatic heterocycles. The number of aldehydes is 1. The van der Waals surface area contributed by atoms with Crippen molar-refractivity contribution in [2.24, 2.45) is 5.92 Å². The minimum atomic E-state index is -0.599. The summed E-state index contributed by atoms with van der Waals surface area (Å²) in [6.45, 7) is 1.81. The van der Waals surface area contributed by atoms with E-state index >= 15 is 0 Å². The Morgan fingerprint density at radius 3 is 2.32 bits per heavy atom. The van der Waals surface area contributed by atoms with Crippen LogP contribution in [0.2, 0.25) is 5.02 Å². The second-order valence-electron chi connectivity index (χ2n) is 7.60. The van der Waals surface area contributed by atoms with Gasteiger partial charge in [-0.05, 0) is 46.9 Å². The first-order valence-corrected chi connectivity index (χ1v) is 10.6. The molecule has 154 valence electrons. The van der Waals surface area contributed by atoms with Gasteiger partial charge in [-0.1, -0.05) is 73.1 Å². The van der Waals surface area contributed by atoms with Crippen LogP contribution in [0.3, 0.4) is 0 Å². The molecule has 0 heterocycles. The number of halogens is 1. The largest absolute Gasteiger partial charge is 0.298 e. The summed E-state index contributed by atoms with van der Waals surface area (Å²) in [6, 6.07) is 22.0. The van der Waals surface area contributed by atoms with Crippen molar-refractivity contribution < 1.29 is 14.4 Å². The summed E-state index contributed by atoms with van der Waals surface area (Å²) < 4.78 is 0. The van der Waals surface area contributed by atoms with Crippen molar-refractivity contribution in [1.82, 2.24) is 0 Å². The number of allylic oxidation sites excluding steroid dienone is 1.